The number of nitrogens with zero attached hydrogens (tertiary/aromatic N) is 1. The van der Waals surface area contributed by atoms with Crippen LogP contribution in [0.25, 0.3) is 0 Å². The lowest BCUT2D eigenvalue weighted by molar-refractivity contribution is 0.0737. The molecule has 1 aliphatic heterocycles. The van der Waals surface area contributed by atoms with Crippen LogP contribution in [-0.4, -0.2) is 42.9 Å². The van der Waals surface area contributed by atoms with Gasteiger partial charge in [-0.3, -0.25) is 9.59 Å². The van der Waals surface area contributed by atoms with Gasteiger partial charge in [-0.2, -0.15) is 0 Å². The number of anilines is 1. The standard InChI is InChI=1S/C18H21N3O2S/c1-2-14-12-15(18(23)21-10-8-19-9-11-21)17(24-14)20-16(22)13-6-4-3-5-7-13/h3-7,12,19H,2,8-11H2,1H3,(H,20,22). The first-order chi connectivity index (χ1) is 11.7. The third-order valence-corrected chi connectivity index (χ3v) is 5.22. The largest absolute Gasteiger partial charge is 0.336 e. The van der Waals surface area contributed by atoms with Crippen LogP contribution in [0.15, 0.2) is 36.4 Å². The molecule has 1 aliphatic rings. The van der Waals surface area contributed by atoms with E-state index < -0.39 is 0 Å². The van der Waals surface area contributed by atoms with E-state index in [4.69, 9.17) is 0 Å². The number of aryl methyl sites for hydroxylation is 1. The molecule has 5 nitrogen and oxygen atoms in total. The molecule has 0 aliphatic carbocycles. The maximum absolute atomic E-state index is 12.8. The number of carbonyl (C=O) groups excluding carboxylic acids is 2. The monoisotopic (exact) mass is 343 g/mol. The van der Waals surface area contributed by atoms with Crippen molar-refractivity contribution in [3.05, 3.63) is 52.4 Å². The molecule has 1 fully saturated rings. The van der Waals surface area contributed by atoms with Crippen LogP contribution in [0.1, 0.15) is 32.5 Å². The van der Waals surface area contributed by atoms with Crippen LogP contribution in [-0.2, 0) is 6.42 Å². The summed E-state index contributed by atoms with van der Waals surface area (Å²) in [5.74, 6) is -0.190. The Kier molecular flexibility index (Phi) is 5.27. The Balaban J connectivity index is 1.83. The average Bonchev–Trinajstić information content (AvgIpc) is 3.05. The first-order valence-electron chi connectivity index (χ1n) is 8.18. The summed E-state index contributed by atoms with van der Waals surface area (Å²) in [4.78, 5) is 28.2. The minimum atomic E-state index is -0.186. The van der Waals surface area contributed by atoms with E-state index >= 15 is 0 Å². The Morgan fingerprint density at radius 2 is 1.92 bits per heavy atom. The number of amides is 2. The molecule has 1 aromatic heterocycles. The average molecular weight is 343 g/mol. The molecule has 0 saturated carbocycles. The van der Waals surface area contributed by atoms with Gasteiger partial charge < -0.3 is 15.5 Å². The Hall–Kier alpha value is -2.18. The highest BCUT2D eigenvalue weighted by Gasteiger charge is 2.23. The number of nitrogens with one attached hydrogen (secondary N) is 2. The summed E-state index contributed by atoms with van der Waals surface area (Å²) in [6, 6.07) is 11.0. The molecular weight excluding hydrogens is 322 g/mol. The van der Waals surface area contributed by atoms with Crippen molar-refractivity contribution in [1.82, 2.24) is 10.2 Å². The zero-order chi connectivity index (χ0) is 16.9. The Morgan fingerprint density at radius 1 is 1.21 bits per heavy atom. The van der Waals surface area contributed by atoms with E-state index in [0.717, 1.165) is 24.4 Å². The molecule has 2 aromatic rings. The van der Waals surface area contributed by atoms with Gasteiger partial charge in [-0.25, -0.2) is 0 Å². The van der Waals surface area contributed by atoms with Crippen molar-refractivity contribution >= 4 is 28.2 Å². The number of rotatable bonds is 4. The van der Waals surface area contributed by atoms with Gasteiger partial charge >= 0.3 is 0 Å². The predicted octanol–water partition coefficient (Wildman–Crippen LogP) is 2.61. The van der Waals surface area contributed by atoms with Crippen LogP contribution >= 0.6 is 11.3 Å². The summed E-state index contributed by atoms with van der Waals surface area (Å²) in [5, 5.41) is 6.81. The number of piperazine rings is 1. The van der Waals surface area contributed by atoms with Gasteiger partial charge in [-0.05, 0) is 24.6 Å². The van der Waals surface area contributed by atoms with E-state index in [1.54, 1.807) is 12.1 Å². The zero-order valence-electron chi connectivity index (χ0n) is 13.7. The molecule has 1 saturated heterocycles. The van der Waals surface area contributed by atoms with Crippen molar-refractivity contribution in [3.8, 4) is 0 Å². The lowest BCUT2D eigenvalue weighted by Crippen LogP contribution is -2.46. The topological polar surface area (TPSA) is 61.4 Å². The van der Waals surface area contributed by atoms with Crippen LogP contribution in [0.4, 0.5) is 5.00 Å². The molecule has 0 radical (unpaired) electrons. The molecule has 126 valence electrons. The van der Waals surface area contributed by atoms with Crippen LogP contribution in [0.2, 0.25) is 0 Å². The first-order valence-corrected chi connectivity index (χ1v) is 8.99. The molecule has 2 heterocycles. The van der Waals surface area contributed by atoms with Crippen LogP contribution in [0, 0.1) is 0 Å². The zero-order valence-corrected chi connectivity index (χ0v) is 14.5. The highest BCUT2D eigenvalue weighted by atomic mass is 32.1. The summed E-state index contributed by atoms with van der Waals surface area (Å²) in [6.45, 7) is 5.06. The highest BCUT2D eigenvalue weighted by molar-refractivity contribution is 7.16. The van der Waals surface area contributed by atoms with Gasteiger partial charge in [0, 0.05) is 36.6 Å². The summed E-state index contributed by atoms with van der Waals surface area (Å²) < 4.78 is 0. The van der Waals surface area contributed by atoms with Gasteiger partial charge in [0.2, 0.25) is 0 Å². The minimum absolute atomic E-state index is 0.00388. The second-order valence-corrected chi connectivity index (χ2v) is 6.81. The highest BCUT2D eigenvalue weighted by Crippen LogP contribution is 2.30. The molecule has 3 rings (SSSR count). The molecule has 2 amide bonds. The maximum Gasteiger partial charge on any atom is 0.256 e. The van der Waals surface area contributed by atoms with Crippen molar-refractivity contribution in [2.75, 3.05) is 31.5 Å². The maximum atomic E-state index is 12.8. The number of hydrogen-bond donors (Lipinski definition) is 2. The number of carbonyl (C=O) groups is 2. The summed E-state index contributed by atoms with van der Waals surface area (Å²) in [5.41, 5.74) is 1.19. The first kappa shape index (κ1) is 16.7. The van der Waals surface area contributed by atoms with Gasteiger partial charge in [-0.1, -0.05) is 25.1 Å². The van der Waals surface area contributed by atoms with E-state index in [1.165, 1.54) is 11.3 Å². The van der Waals surface area contributed by atoms with Gasteiger partial charge in [0.1, 0.15) is 5.00 Å². The fourth-order valence-electron chi connectivity index (χ4n) is 2.67. The van der Waals surface area contributed by atoms with Crippen LogP contribution in [0.5, 0.6) is 0 Å². The molecule has 0 spiro atoms. The summed E-state index contributed by atoms with van der Waals surface area (Å²) in [6.07, 6.45) is 0.841. The number of thiophene rings is 1. The fourth-order valence-corrected chi connectivity index (χ4v) is 3.65. The lowest BCUT2D eigenvalue weighted by atomic mass is 10.2. The van der Waals surface area contributed by atoms with Crippen molar-refractivity contribution in [2.24, 2.45) is 0 Å². The Bertz CT molecular complexity index is 721. The SMILES string of the molecule is CCc1cc(C(=O)N2CCNCC2)c(NC(=O)c2ccccc2)s1. The van der Waals surface area contributed by atoms with E-state index in [9.17, 15) is 9.59 Å². The van der Waals surface area contributed by atoms with Gasteiger partial charge in [0.05, 0.1) is 5.56 Å². The van der Waals surface area contributed by atoms with Crippen LogP contribution < -0.4 is 10.6 Å². The molecule has 24 heavy (non-hydrogen) atoms. The van der Waals surface area contributed by atoms with Crippen molar-refractivity contribution in [3.63, 3.8) is 0 Å². The lowest BCUT2D eigenvalue weighted by Gasteiger charge is -2.27. The van der Waals surface area contributed by atoms with E-state index in [-0.39, 0.29) is 11.8 Å². The van der Waals surface area contributed by atoms with Gasteiger partial charge in [0.25, 0.3) is 11.8 Å². The van der Waals surface area contributed by atoms with E-state index in [2.05, 4.69) is 10.6 Å². The number of benzene rings is 1. The molecule has 0 unspecified atom stereocenters. The molecule has 0 bridgehead atoms. The molecule has 1 aromatic carbocycles. The van der Waals surface area contributed by atoms with Crippen LogP contribution in [0.3, 0.4) is 0 Å². The Morgan fingerprint density at radius 3 is 2.58 bits per heavy atom. The molecular formula is C18H21N3O2S. The number of hydrogen-bond acceptors (Lipinski definition) is 4. The van der Waals surface area contributed by atoms with E-state index in [1.807, 2.05) is 36.1 Å². The third-order valence-electron chi connectivity index (χ3n) is 4.03. The van der Waals surface area contributed by atoms with Gasteiger partial charge in [0.15, 0.2) is 0 Å². The Labute approximate surface area is 145 Å². The predicted molar refractivity (Wildman–Crippen MR) is 96.9 cm³/mol. The minimum Gasteiger partial charge on any atom is -0.336 e. The second-order valence-electron chi connectivity index (χ2n) is 5.67. The smallest absolute Gasteiger partial charge is 0.256 e. The molecule has 0 atom stereocenters. The second kappa shape index (κ2) is 7.59. The summed E-state index contributed by atoms with van der Waals surface area (Å²) in [7, 11) is 0. The fraction of sp³-hybridized carbons (Fsp3) is 0.333. The molecule has 2 N–H and O–H groups in total. The van der Waals surface area contributed by atoms with E-state index in [0.29, 0.717) is 29.2 Å². The quantitative estimate of drug-likeness (QED) is 0.897. The van der Waals surface area contributed by atoms with Crippen molar-refractivity contribution in [1.29, 1.82) is 0 Å². The normalized spacial score (nSPS) is 14.5. The van der Waals surface area contributed by atoms with Crippen molar-refractivity contribution in [2.45, 2.75) is 13.3 Å². The van der Waals surface area contributed by atoms with Crippen molar-refractivity contribution < 1.29 is 9.59 Å². The van der Waals surface area contributed by atoms with Gasteiger partial charge in [-0.15, -0.1) is 11.3 Å². The molecule has 6 heteroatoms. The summed E-state index contributed by atoms with van der Waals surface area (Å²) >= 11 is 1.48. The third kappa shape index (κ3) is 3.66.